The maximum absolute atomic E-state index is 4.27. The summed E-state index contributed by atoms with van der Waals surface area (Å²) < 4.78 is 3.94. The molecule has 5 heteroatoms. The van der Waals surface area contributed by atoms with Gasteiger partial charge in [0.25, 0.3) is 0 Å². The van der Waals surface area contributed by atoms with Gasteiger partial charge in [-0.15, -0.1) is 5.10 Å². The average Bonchev–Trinajstić information content (AvgIpc) is 2.93. The van der Waals surface area contributed by atoms with Gasteiger partial charge in [-0.25, -0.2) is 9.67 Å². The van der Waals surface area contributed by atoms with Crippen LogP contribution in [0.15, 0.2) is 36.9 Å². The summed E-state index contributed by atoms with van der Waals surface area (Å²) in [6, 6.07) is 4.64. The van der Waals surface area contributed by atoms with Crippen LogP contribution in [0.25, 0.3) is 16.9 Å². The van der Waals surface area contributed by atoms with Gasteiger partial charge in [-0.1, -0.05) is 5.21 Å². The highest BCUT2D eigenvalue weighted by Crippen LogP contribution is 2.34. The Hall–Kier alpha value is -2.17. The van der Waals surface area contributed by atoms with Crippen molar-refractivity contribution in [2.24, 2.45) is 0 Å². The molecule has 3 heterocycles. The normalized spacial score (nSPS) is 15.5. The Morgan fingerprint density at radius 3 is 3.06 bits per heavy atom. The van der Waals surface area contributed by atoms with Gasteiger partial charge in [0, 0.05) is 24.2 Å². The lowest BCUT2D eigenvalue weighted by Crippen LogP contribution is -1.92. The average molecular weight is 225 g/mol. The molecule has 0 radical (unpaired) electrons. The molecule has 0 spiro atoms. The molecule has 1 saturated carbocycles. The molecule has 0 saturated heterocycles. The third-order valence-corrected chi connectivity index (χ3v) is 3.12. The molecule has 17 heavy (non-hydrogen) atoms. The van der Waals surface area contributed by atoms with Crippen molar-refractivity contribution >= 4 is 5.65 Å². The van der Waals surface area contributed by atoms with Crippen LogP contribution in [-0.4, -0.2) is 24.4 Å². The van der Waals surface area contributed by atoms with Gasteiger partial charge in [0.05, 0.1) is 12.2 Å². The first-order chi connectivity index (χ1) is 8.40. The van der Waals surface area contributed by atoms with Gasteiger partial charge in [-0.3, -0.25) is 0 Å². The molecule has 0 bridgehead atoms. The van der Waals surface area contributed by atoms with E-state index in [-0.39, 0.29) is 0 Å². The van der Waals surface area contributed by atoms with Crippen LogP contribution in [0.1, 0.15) is 18.9 Å². The SMILES string of the molecule is c1cn2ccc(-c3cn(C4CC4)nn3)cc2n1. The summed E-state index contributed by atoms with van der Waals surface area (Å²) in [5.74, 6) is 0. The smallest absolute Gasteiger partial charge is 0.137 e. The molecule has 5 nitrogen and oxygen atoms in total. The molecule has 0 atom stereocenters. The van der Waals surface area contributed by atoms with E-state index in [9.17, 15) is 0 Å². The van der Waals surface area contributed by atoms with E-state index in [1.165, 1.54) is 12.8 Å². The molecule has 1 fully saturated rings. The molecule has 0 aliphatic heterocycles. The van der Waals surface area contributed by atoms with Crippen molar-refractivity contribution in [3.8, 4) is 11.3 Å². The minimum atomic E-state index is 0.575. The fourth-order valence-corrected chi connectivity index (χ4v) is 2.00. The maximum Gasteiger partial charge on any atom is 0.137 e. The second-order valence-electron chi connectivity index (χ2n) is 4.42. The zero-order valence-electron chi connectivity index (χ0n) is 9.19. The predicted octanol–water partition coefficient (Wildman–Crippen LogP) is 1.93. The van der Waals surface area contributed by atoms with E-state index in [1.54, 1.807) is 6.20 Å². The highest BCUT2D eigenvalue weighted by Gasteiger charge is 2.24. The molecule has 0 aromatic carbocycles. The second-order valence-corrected chi connectivity index (χ2v) is 4.42. The first-order valence-corrected chi connectivity index (χ1v) is 5.75. The fourth-order valence-electron chi connectivity index (χ4n) is 2.00. The van der Waals surface area contributed by atoms with Gasteiger partial charge >= 0.3 is 0 Å². The van der Waals surface area contributed by atoms with Crippen LogP contribution < -0.4 is 0 Å². The van der Waals surface area contributed by atoms with Gasteiger partial charge in [-0.2, -0.15) is 0 Å². The lowest BCUT2D eigenvalue weighted by Gasteiger charge is -1.97. The van der Waals surface area contributed by atoms with Crippen LogP contribution in [0.3, 0.4) is 0 Å². The van der Waals surface area contributed by atoms with E-state index in [4.69, 9.17) is 0 Å². The van der Waals surface area contributed by atoms with Crippen molar-refractivity contribution < 1.29 is 0 Å². The summed E-state index contributed by atoms with van der Waals surface area (Å²) in [4.78, 5) is 4.27. The number of rotatable bonds is 2. The number of hydrogen-bond acceptors (Lipinski definition) is 3. The summed E-state index contributed by atoms with van der Waals surface area (Å²) >= 11 is 0. The summed E-state index contributed by atoms with van der Waals surface area (Å²) in [6.07, 6.45) is 10.2. The molecule has 0 N–H and O–H groups in total. The Kier molecular flexibility index (Phi) is 1.66. The van der Waals surface area contributed by atoms with Crippen LogP contribution in [-0.2, 0) is 0 Å². The van der Waals surface area contributed by atoms with Gasteiger partial charge in [0.2, 0.25) is 0 Å². The lowest BCUT2D eigenvalue weighted by molar-refractivity contribution is 0.610. The van der Waals surface area contributed by atoms with E-state index in [0.717, 1.165) is 16.9 Å². The fraction of sp³-hybridized carbons (Fsp3) is 0.250. The first kappa shape index (κ1) is 8.92. The van der Waals surface area contributed by atoms with E-state index in [2.05, 4.69) is 15.3 Å². The molecular formula is C12H11N5. The minimum Gasteiger partial charge on any atom is -0.307 e. The summed E-state index contributed by atoms with van der Waals surface area (Å²) in [6.45, 7) is 0. The van der Waals surface area contributed by atoms with Gasteiger partial charge < -0.3 is 4.40 Å². The Balaban J connectivity index is 1.80. The molecule has 0 amide bonds. The van der Waals surface area contributed by atoms with E-state index < -0.39 is 0 Å². The predicted molar refractivity (Wildman–Crippen MR) is 62.5 cm³/mol. The van der Waals surface area contributed by atoms with Gasteiger partial charge in [0.15, 0.2) is 0 Å². The molecule has 3 aromatic rings. The van der Waals surface area contributed by atoms with Crippen LogP contribution in [0.4, 0.5) is 0 Å². The zero-order valence-corrected chi connectivity index (χ0v) is 9.19. The molecule has 1 aliphatic carbocycles. The first-order valence-electron chi connectivity index (χ1n) is 5.75. The van der Waals surface area contributed by atoms with E-state index in [1.807, 2.05) is 39.8 Å². The van der Waals surface area contributed by atoms with Crippen molar-refractivity contribution in [1.29, 1.82) is 0 Å². The van der Waals surface area contributed by atoms with Crippen molar-refractivity contribution in [3.63, 3.8) is 0 Å². The van der Waals surface area contributed by atoms with E-state index >= 15 is 0 Å². The molecule has 1 aliphatic rings. The number of pyridine rings is 1. The van der Waals surface area contributed by atoms with Crippen molar-refractivity contribution in [1.82, 2.24) is 24.4 Å². The van der Waals surface area contributed by atoms with Crippen molar-refractivity contribution in [2.75, 3.05) is 0 Å². The second kappa shape index (κ2) is 3.16. The summed E-state index contributed by atoms with van der Waals surface area (Å²) in [5, 5.41) is 8.38. The monoisotopic (exact) mass is 225 g/mol. The largest absolute Gasteiger partial charge is 0.307 e. The molecule has 3 aromatic heterocycles. The quantitative estimate of drug-likeness (QED) is 0.669. The Morgan fingerprint density at radius 1 is 1.24 bits per heavy atom. The summed E-state index contributed by atoms with van der Waals surface area (Å²) in [7, 11) is 0. The number of nitrogens with zero attached hydrogens (tertiary/aromatic N) is 5. The standard InChI is InChI=1S/C12H11N5/c1-2-10(1)17-8-11(14-15-17)9-3-5-16-6-4-13-12(16)7-9/h3-8,10H,1-2H2. The number of aromatic nitrogens is 5. The topological polar surface area (TPSA) is 48.0 Å². The van der Waals surface area contributed by atoms with E-state index in [0.29, 0.717) is 6.04 Å². The number of hydrogen-bond donors (Lipinski definition) is 0. The van der Waals surface area contributed by atoms with Crippen LogP contribution >= 0.6 is 0 Å². The molecular weight excluding hydrogens is 214 g/mol. The number of fused-ring (bicyclic) bond motifs is 1. The molecule has 0 unspecified atom stereocenters. The molecule has 4 rings (SSSR count). The number of imidazole rings is 1. The highest BCUT2D eigenvalue weighted by molar-refractivity contribution is 5.62. The zero-order chi connectivity index (χ0) is 11.2. The highest BCUT2D eigenvalue weighted by atomic mass is 15.4. The maximum atomic E-state index is 4.27. The van der Waals surface area contributed by atoms with Crippen molar-refractivity contribution in [3.05, 3.63) is 36.9 Å². The van der Waals surface area contributed by atoms with Crippen LogP contribution in [0, 0.1) is 0 Å². The Labute approximate surface area is 97.7 Å². The lowest BCUT2D eigenvalue weighted by atomic mass is 10.2. The third-order valence-electron chi connectivity index (χ3n) is 3.12. The third kappa shape index (κ3) is 1.43. The Bertz CT molecular complexity index is 677. The van der Waals surface area contributed by atoms with Crippen molar-refractivity contribution in [2.45, 2.75) is 18.9 Å². The minimum absolute atomic E-state index is 0.575. The van der Waals surface area contributed by atoms with Gasteiger partial charge in [-0.05, 0) is 25.0 Å². The van der Waals surface area contributed by atoms with Crippen LogP contribution in [0.2, 0.25) is 0 Å². The summed E-state index contributed by atoms with van der Waals surface area (Å²) in [5.41, 5.74) is 2.92. The van der Waals surface area contributed by atoms with Gasteiger partial charge in [0.1, 0.15) is 11.3 Å². The Morgan fingerprint density at radius 2 is 2.18 bits per heavy atom. The molecule has 84 valence electrons. The van der Waals surface area contributed by atoms with Crippen LogP contribution in [0.5, 0.6) is 0 Å².